The molecule has 0 aliphatic rings. The van der Waals surface area contributed by atoms with Crippen LogP contribution in [-0.4, -0.2) is 24.1 Å². The molecule has 0 unspecified atom stereocenters. The average Bonchev–Trinajstić information content (AvgIpc) is 2.49. The molecule has 1 amide bonds. The largest absolute Gasteiger partial charge is 0.496 e. The summed E-state index contributed by atoms with van der Waals surface area (Å²) >= 11 is 0. The van der Waals surface area contributed by atoms with E-state index in [2.05, 4.69) is 5.32 Å². The van der Waals surface area contributed by atoms with Crippen LogP contribution in [0.3, 0.4) is 0 Å². The Bertz CT molecular complexity index is 767. The van der Waals surface area contributed by atoms with Gasteiger partial charge in [0.05, 0.1) is 7.11 Å². The summed E-state index contributed by atoms with van der Waals surface area (Å²) in [5.74, 6) is -2.28. The minimum absolute atomic E-state index is 0.0552. The van der Waals surface area contributed by atoms with E-state index in [4.69, 9.17) is 4.74 Å². The van der Waals surface area contributed by atoms with Gasteiger partial charge < -0.3 is 14.6 Å². The van der Waals surface area contributed by atoms with Crippen LogP contribution in [0.1, 0.15) is 16.1 Å². The van der Waals surface area contributed by atoms with Gasteiger partial charge >= 0.3 is 0 Å². The van der Waals surface area contributed by atoms with Crippen molar-refractivity contribution in [2.24, 2.45) is 0 Å². The molecule has 23 heavy (non-hydrogen) atoms. The van der Waals surface area contributed by atoms with Crippen molar-refractivity contribution in [3.8, 4) is 5.75 Å². The smallest absolute Gasteiger partial charge is 0.257 e. The van der Waals surface area contributed by atoms with Crippen molar-refractivity contribution >= 4 is 5.91 Å². The van der Waals surface area contributed by atoms with Crippen molar-refractivity contribution in [3.05, 3.63) is 63.6 Å². The lowest BCUT2D eigenvalue weighted by Crippen LogP contribution is -2.32. The molecule has 0 spiro atoms. The van der Waals surface area contributed by atoms with Crippen molar-refractivity contribution in [2.45, 2.75) is 13.5 Å². The highest BCUT2D eigenvalue weighted by atomic mass is 19.1. The Kier molecular flexibility index (Phi) is 5.10. The fourth-order valence-corrected chi connectivity index (χ4v) is 2.19. The first kappa shape index (κ1) is 16.7. The third-order valence-corrected chi connectivity index (χ3v) is 3.36. The molecular formula is C16H16F2N2O3. The molecule has 0 atom stereocenters. The van der Waals surface area contributed by atoms with Gasteiger partial charge in [0.25, 0.3) is 11.5 Å². The molecule has 0 bridgehead atoms. The van der Waals surface area contributed by atoms with E-state index in [-0.39, 0.29) is 18.6 Å². The number of halogens is 2. The van der Waals surface area contributed by atoms with E-state index in [0.717, 1.165) is 12.1 Å². The van der Waals surface area contributed by atoms with Crippen LogP contribution in [0.2, 0.25) is 0 Å². The van der Waals surface area contributed by atoms with Crippen molar-refractivity contribution in [1.82, 2.24) is 9.88 Å². The van der Waals surface area contributed by atoms with Gasteiger partial charge in [0.15, 0.2) is 0 Å². The van der Waals surface area contributed by atoms with Crippen LogP contribution in [0.25, 0.3) is 0 Å². The minimum Gasteiger partial charge on any atom is -0.496 e. The van der Waals surface area contributed by atoms with E-state index in [9.17, 15) is 18.4 Å². The number of carbonyl (C=O) groups excluding carboxylic acids is 1. The van der Waals surface area contributed by atoms with Crippen LogP contribution in [0.5, 0.6) is 5.75 Å². The van der Waals surface area contributed by atoms with E-state index < -0.39 is 23.1 Å². The fourth-order valence-electron chi connectivity index (χ4n) is 2.19. The number of amides is 1. The first-order chi connectivity index (χ1) is 10.9. The maximum Gasteiger partial charge on any atom is 0.257 e. The second-order valence-electron chi connectivity index (χ2n) is 4.88. The highest BCUT2D eigenvalue weighted by molar-refractivity contribution is 5.94. The Hall–Kier alpha value is -2.70. The molecule has 122 valence electrons. The molecule has 1 N–H and O–H groups in total. The summed E-state index contributed by atoms with van der Waals surface area (Å²) in [7, 11) is 1.46. The first-order valence-electron chi connectivity index (χ1n) is 6.91. The van der Waals surface area contributed by atoms with Gasteiger partial charge in [-0.25, -0.2) is 8.78 Å². The van der Waals surface area contributed by atoms with Gasteiger partial charge in [-0.15, -0.1) is 0 Å². The number of hydrogen-bond acceptors (Lipinski definition) is 3. The number of aromatic nitrogens is 1. The van der Waals surface area contributed by atoms with Crippen molar-refractivity contribution < 1.29 is 18.3 Å². The number of carbonyl (C=O) groups is 1. The molecule has 0 saturated carbocycles. The minimum atomic E-state index is -0.930. The quantitative estimate of drug-likeness (QED) is 0.914. The number of nitrogens with zero attached hydrogens (tertiary/aromatic N) is 1. The SMILES string of the molecule is COc1cc(C)n(CCNC(=O)c2c(F)cccc2F)c(=O)c1. The van der Waals surface area contributed by atoms with Crippen LogP contribution >= 0.6 is 0 Å². The van der Waals surface area contributed by atoms with Gasteiger partial charge in [-0.05, 0) is 25.1 Å². The number of rotatable bonds is 5. The normalized spacial score (nSPS) is 10.4. The first-order valence-corrected chi connectivity index (χ1v) is 6.91. The molecule has 1 aromatic heterocycles. The zero-order valence-corrected chi connectivity index (χ0v) is 12.7. The highest BCUT2D eigenvalue weighted by Gasteiger charge is 2.16. The standard InChI is InChI=1S/C16H16F2N2O3/c1-10-8-11(23-2)9-14(21)20(10)7-6-19-16(22)15-12(17)4-3-5-13(15)18/h3-5,8-9H,6-7H2,1-2H3,(H,19,22). The van der Waals surface area contributed by atoms with Gasteiger partial charge in [0, 0.05) is 24.8 Å². The lowest BCUT2D eigenvalue weighted by molar-refractivity contribution is 0.0943. The number of hydrogen-bond donors (Lipinski definition) is 1. The third kappa shape index (κ3) is 3.74. The van der Waals surface area contributed by atoms with E-state index in [1.807, 2.05) is 0 Å². The van der Waals surface area contributed by atoms with Crippen molar-refractivity contribution in [2.75, 3.05) is 13.7 Å². The number of benzene rings is 1. The molecule has 2 rings (SSSR count). The Morgan fingerprint density at radius 3 is 2.48 bits per heavy atom. The molecule has 0 aliphatic carbocycles. The summed E-state index contributed by atoms with van der Waals surface area (Å²) < 4.78 is 33.4. The number of methoxy groups -OCH3 is 1. The van der Waals surface area contributed by atoms with E-state index >= 15 is 0 Å². The van der Waals surface area contributed by atoms with E-state index in [0.29, 0.717) is 11.4 Å². The lowest BCUT2D eigenvalue weighted by Gasteiger charge is -2.12. The molecule has 1 aromatic carbocycles. The summed E-state index contributed by atoms with van der Waals surface area (Å²) in [5, 5.41) is 2.40. The fraction of sp³-hybridized carbons (Fsp3) is 0.250. The van der Waals surface area contributed by atoms with E-state index in [1.165, 1.54) is 23.8 Å². The summed E-state index contributed by atoms with van der Waals surface area (Å²) in [6, 6.07) is 6.21. The number of ether oxygens (including phenoxy) is 1. The Morgan fingerprint density at radius 1 is 1.26 bits per heavy atom. The van der Waals surface area contributed by atoms with Gasteiger partial charge in [0.1, 0.15) is 22.9 Å². The molecular weight excluding hydrogens is 306 g/mol. The van der Waals surface area contributed by atoms with Crippen molar-refractivity contribution in [3.63, 3.8) is 0 Å². The lowest BCUT2D eigenvalue weighted by atomic mass is 10.2. The highest BCUT2D eigenvalue weighted by Crippen LogP contribution is 2.12. The van der Waals surface area contributed by atoms with Crippen LogP contribution in [0, 0.1) is 18.6 Å². The Labute approximate surface area is 131 Å². The van der Waals surface area contributed by atoms with Crippen molar-refractivity contribution in [1.29, 1.82) is 0 Å². The van der Waals surface area contributed by atoms with Crippen LogP contribution in [0.4, 0.5) is 8.78 Å². The summed E-state index contributed by atoms with van der Waals surface area (Å²) in [6.07, 6.45) is 0. The zero-order chi connectivity index (χ0) is 17.0. The second-order valence-corrected chi connectivity index (χ2v) is 4.88. The molecule has 1 heterocycles. The third-order valence-electron chi connectivity index (χ3n) is 3.36. The van der Waals surface area contributed by atoms with Crippen LogP contribution in [-0.2, 0) is 6.54 Å². The maximum absolute atomic E-state index is 13.5. The molecule has 2 aromatic rings. The monoisotopic (exact) mass is 322 g/mol. The van der Waals surface area contributed by atoms with Gasteiger partial charge in [-0.3, -0.25) is 9.59 Å². The predicted octanol–water partition coefficient (Wildman–Crippen LogP) is 1.87. The van der Waals surface area contributed by atoms with E-state index in [1.54, 1.807) is 13.0 Å². The average molecular weight is 322 g/mol. The summed E-state index contributed by atoms with van der Waals surface area (Å²) in [6.45, 7) is 1.96. The zero-order valence-electron chi connectivity index (χ0n) is 12.7. The maximum atomic E-state index is 13.5. The summed E-state index contributed by atoms with van der Waals surface area (Å²) in [4.78, 5) is 23.8. The topological polar surface area (TPSA) is 60.3 Å². The Balaban J connectivity index is 2.06. The predicted molar refractivity (Wildman–Crippen MR) is 80.7 cm³/mol. The second kappa shape index (κ2) is 7.04. The number of aryl methyl sites for hydroxylation is 1. The van der Waals surface area contributed by atoms with Crippen LogP contribution in [0.15, 0.2) is 35.1 Å². The number of nitrogens with one attached hydrogen (secondary N) is 1. The molecule has 0 aliphatic heterocycles. The molecule has 7 heteroatoms. The Morgan fingerprint density at radius 2 is 1.91 bits per heavy atom. The van der Waals surface area contributed by atoms with Gasteiger partial charge in [-0.2, -0.15) is 0 Å². The summed E-state index contributed by atoms with van der Waals surface area (Å²) in [5.41, 5.74) is -0.264. The number of pyridine rings is 1. The molecule has 0 radical (unpaired) electrons. The molecule has 5 nitrogen and oxygen atoms in total. The molecule has 0 fully saturated rings. The van der Waals surface area contributed by atoms with Gasteiger partial charge in [-0.1, -0.05) is 6.07 Å². The van der Waals surface area contributed by atoms with Crippen LogP contribution < -0.4 is 15.6 Å². The van der Waals surface area contributed by atoms with Gasteiger partial charge in [0.2, 0.25) is 0 Å². The molecule has 0 saturated heterocycles.